The summed E-state index contributed by atoms with van der Waals surface area (Å²) in [5, 5.41) is 5.44. The molecule has 3 aromatic heterocycles. The minimum atomic E-state index is 0.132. The van der Waals surface area contributed by atoms with Crippen molar-refractivity contribution >= 4 is 34.0 Å². The highest BCUT2D eigenvalue weighted by Crippen LogP contribution is 2.32. The molecule has 0 atom stereocenters. The Balaban J connectivity index is 1.87. The smallest absolute Gasteiger partial charge is 0.292 e. The Labute approximate surface area is 142 Å². The molecular formula is C16H18N8O. The van der Waals surface area contributed by atoms with Crippen molar-refractivity contribution in [3.05, 3.63) is 24.5 Å². The van der Waals surface area contributed by atoms with Crippen LogP contribution >= 0.6 is 0 Å². The Kier molecular flexibility index (Phi) is 3.69. The van der Waals surface area contributed by atoms with Gasteiger partial charge >= 0.3 is 0 Å². The molecule has 6 N–H and O–H groups in total. The van der Waals surface area contributed by atoms with E-state index in [4.69, 9.17) is 26.7 Å². The number of aromatic nitrogens is 5. The number of fused-ring (bicyclic) bond motifs is 2. The standard InChI is InChI=1S/C16H18N8O/c17-5-1-2-6-24-15-12(14(18)20-8-21-15)13(23-24)9-3-4-11-10(7-9)22-16(19)25-11/h3-4,7-8H,1-2,5-6,17H2,(H2,19,22)(H2,18,20,21). The number of benzene rings is 1. The molecule has 128 valence electrons. The minimum Gasteiger partial charge on any atom is -0.424 e. The van der Waals surface area contributed by atoms with Crippen molar-refractivity contribution in [3.8, 4) is 11.3 Å². The summed E-state index contributed by atoms with van der Waals surface area (Å²) in [5.41, 5.74) is 20.9. The minimum absolute atomic E-state index is 0.132. The lowest BCUT2D eigenvalue weighted by Crippen LogP contribution is -2.05. The monoisotopic (exact) mass is 338 g/mol. The number of unbranched alkanes of at least 4 members (excludes halogenated alkanes) is 1. The van der Waals surface area contributed by atoms with Gasteiger partial charge in [0.15, 0.2) is 11.2 Å². The normalized spacial score (nSPS) is 11.6. The van der Waals surface area contributed by atoms with E-state index in [0.717, 1.165) is 23.8 Å². The highest BCUT2D eigenvalue weighted by Gasteiger charge is 2.17. The van der Waals surface area contributed by atoms with Crippen molar-refractivity contribution < 1.29 is 4.42 Å². The summed E-state index contributed by atoms with van der Waals surface area (Å²) in [6, 6.07) is 5.71. The highest BCUT2D eigenvalue weighted by molar-refractivity contribution is 5.99. The molecule has 0 saturated heterocycles. The van der Waals surface area contributed by atoms with Gasteiger partial charge in [-0.1, -0.05) is 0 Å². The van der Waals surface area contributed by atoms with Crippen molar-refractivity contribution in [2.75, 3.05) is 18.0 Å². The first-order valence-electron chi connectivity index (χ1n) is 8.01. The number of nitrogen functional groups attached to an aromatic ring is 2. The second-order valence-corrected chi connectivity index (χ2v) is 5.76. The van der Waals surface area contributed by atoms with Gasteiger partial charge in [-0.2, -0.15) is 10.1 Å². The van der Waals surface area contributed by atoms with Gasteiger partial charge in [0.2, 0.25) is 0 Å². The lowest BCUT2D eigenvalue weighted by atomic mass is 10.1. The van der Waals surface area contributed by atoms with Crippen LogP contribution in [0.25, 0.3) is 33.4 Å². The molecule has 0 aliphatic heterocycles. The molecule has 0 radical (unpaired) electrons. The summed E-state index contributed by atoms with van der Waals surface area (Å²) in [5.74, 6) is 0.393. The molecule has 4 rings (SSSR count). The number of nitrogens with zero attached hydrogens (tertiary/aromatic N) is 5. The maximum absolute atomic E-state index is 6.10. The molecule has 4 aromatic rings. The van der Waals surface area contributed by atoms with Crippen LogP contribution in [0.1, 0.15) is 12.8 Å². The fraction of sp³-hybridized carbons (Fsp3) is 0.250. The molecule has 0 bridgehead atoms. The molecule has 9 heteroatoms. The van der Waals surface area contributed by atoms with Crippen LogP contribution < -0.4 is 17.2 Å². The van der Waals surface area contributed by atoms with Crippen LogP contribution in [0.4, 0.5) is 11.8 Å². The molecule has 0 aliphatic carbocycles. The van der Waals surface area contributed by atoms with E-state index < -0.39 is 0 Å². The Morgan fingerprint density at radius 2 is 2.00 bits per heavy atom. The van der Waals surface area contributed by atoms with Crippen molar-refractivity contribution in [1.29, 1.82) is 0 Å². The zero-order valence-corrected chi connectivity index (χ0v) is 13.5. The van der Waals surface area contributed by atoms with E-state index in [9.17, 15) is 0 Å². The van der Waals surface area contributed by atoms with E-state index in [-0.39, 0.29) is 6.01 Å². The predicted octanol–water partition coefficient (Wildman–Crippen LogP) is 1.54. The van der Waals surface area contributed by atoms with E-state index >= 15 is 0 Å². The molecule has 25 heavy (non-hydrogen) atoms. The van der Waals surface area contributed by atoms with Crippen molar-refractivity contribution in [2.24, 2.45) is 5.73 Å². The van der Waals surface area contributed by atoms with E-state index in [0.29, 0.717) is 41.3 Å². The molecule has 1 aromatic carbocycles. The van der Waals surface area contributed by atoms with Crippen molar-refractivity contribution in [1.82, 2.24) is 24.7 Å². The molecule has 0 saturated carbocycles. The van der Waals surface area contributed by atoms with Gasteiger partial charge < -0.3 is 21.6 Å². The van der Waals surface area contributed by atoms with Crippen molar-refractivity contribution in [3.63, 3.8) is 0 Å². The predicted molar refractivity (Wildman–Crippen MR) is 95.4 cm³/mol. The maximum atomic E-state index is 6.10. The van der Waals surface area contributed by atoms with Gasteiger partial charge in [-0.05, 0) is 37.6 Å². The first kappa shape index (κ1) is 15.3. The molecule has 0 fully saturated rings. The molecule has 0 spiro atoms. The van der Waals surface area contributed by atoms with E-state index in [1.807, 2.05) is 22.9 Å². The van der Waals surface area contributed by atoms with E-state index in [1.165, 1.54) is 6.33 Å². The molecule has 0 aliphatic rings. The van der Waals surface area contributed by atoms with E-state index in [1.54, 1.807) is 0 Å². The lowest BCUT2D eigenvalue weighted by molar-refractivity contribution is 0.574. The fourth-order valence-corrected chi connectivity index (χ4v) is 2.89. The number of anilines is 2. The summed E-state index contributed by atoms with van der Waals surface area (Å²) in [6.07, 6.45) is 3.28. The van der Waals surface area contributed by atoms with E-state index in [2.05, 4.69) is 15.0 Å². The Bertz CT molecular complexity index is 1050. The topological polar surface area (TPSA) is 148 Å². The van der Waals surface area contributed by atoms with Crippen LogP contribution in [0.5, 0.6) is 0 Å². The van der Waals surface area contributed by atoms with Gasteiger partial charge in [0.1, 0.15) is 23.4 Å². The van der Waals surface area contributed by atoms with Crippen LogP contribution in [-0.2, 0) is 6.54 Å². The van der Waals surface area contributed by atoms with Crippen LogP contribution in [0.3, 0.4) is 0 Å². The largest absolute Gasteiger partial charge is 0.424 e. The Morgan fingerprint density at radius 1 is 1.12 bits per heavy atom. The first-order valence-corrected chi connectivity index (χ1v) is 8.01. The number of rotatable bonds is 5. The van der Waals surface area contributed by atoms with Crippen LogP contribution in [0.2, 0.25) is 0 Å². The van der Waals surface area contributed by atoms with Gasteiger partial charge in [-0.25, -0.2) is 14.6 Å². The number of aryl methyl sites for hydroxylation is 1. The third kappa shape index (κ3) is 2.64. The fourth-order valence-electron chi connectivity index (χ4n) is 2.89. The third-order valence-electron chi connectivity index (χ3n) is 4.06. The maximum Gasteiger partial charge on any atom is 0.292 e. The number of oxazole rings is 1. The van der Waals surface area contributed by atoms with Gasteiger partial charge in [0, 0.05) is 12.1 Å². The number of hydrogen-bond acceptors (Lipinski definition) is 8. The van der Waals surface area contributed by atoms with Crippen LogP contribution in [-0.4, -0.2) is 31.3 Å². The average Bonchev–Trinajstić information content (AvgIpc) is 3.15. The zero-order valence-electron chi connectivity index (χ0n) is 13.5. The lowest BCUT2D eigenvalue weighted by Gasteiger charge is -2.01. The third-order valence-corrected chi connectivity index (χ3v) is 4.06. The second-order valence-electron chi connectivity index (χ2n) is 5.76. The number of hydrogen-bond donors (Lipinski definition) is 3. The number of nitrogens with two attached hydrogens (primary N) is 3. The average molecular weight is 338 g/mol. The molecule has 0 amide bonds. The summed E-state index contributed by atoms with van der Waals surface area (Å²) in [6.45, 7) is 1.36. The van der Waals surface area contributed by atoms with Crippen LogP contribution in [0.15, 0.2) is 28.9 Å². The SMILES string of the molecule is NCCCCn1nc(-c2ccc3oc(N)nc3c2)c2c(N)ncnc21. The second kappa shape index (κ2) is 6.02. The zero-order chi connectivity index (χ0) is 17.4. The summed E-state index contributed by atoms with van der Waals surface area (Å²) in [7, 11) is 0. The van der Waals surface area contributed by atoms with Gasteiger partial charge in [-0.15, -0.1) is 0 Å². The molecule has 9 nitrogen and oxygen atoms in total. The highest BCUT2D eigenvalue weighted by atomic mass is 16.4. The molecule has 0 unspecified atom stereocenters. The summed E-state index contributed by atoms with van der Waals surface area (Å²) in [4.78, 5) is 12.6. The van der Waals surface area contributed by atoms with Gasteiger partial charge in [-0.3, -0.25) is 0 Å². The Morgan fingerprint density at radius 3 is 2.84 bits per heavy atom. The summed E-state index contributed by atoms with van der Waals surface area (Å²) < 4.78 is 7.17. The summed E-state index contributed by atoms with van der Waals surface area (Å²) >= 11 is 0. The van der Waals surface area contributed by atoms with Crippen LogP contribution in [0, 0.1) is 0 Å². The van der Waals surface area contributed by atoms with Gasteiger partial charge in [0.05, 0.1) is 5.39 Å². The quantitative estimate of drug-likeness (QED) is 0.464. The van der Waals surface area contributed by atoms with Crippen molar-refractivity contribution in [2.45, 2.75) is 19.4 Å². The van der Waals surface area contributed by atoms with Gasteiger partial charge in [0.25, 0.3) is 6.01 Å². The molecule has 3 heterocycles. The Hall–Kier alpha value is -3.20. The first-order chi connectivity index (χ1) is 12.2. The molecular weight excluding hydrogens is 320 g/mol.